The van der Waals surface area contributed by atoms with E-state index in [2.05, 4.69) is 4.74 Å². The Labute approximate surface area is 64.9 Å². The molecule has 11 heavy (non-hydrogen) atoms. The fraction of sp³-hybridized carbons (Fsp3) is 1.00. The topological polar surface area (TPSA) is 90.2 Å². The Bertz CT molecular complexity index is 93.0. The number of hydrogen-bond donors (Lipinski definition) is 4. The van der Waals surface area contributed by atoms with Crippen molar-refractivity contribution in [1.29, 1.82) is 0 Å². The molecule has 5 heteroatoms. The molecule has 0 saturated heterocycles. The van der Waals surface area contributed by atoms with Crippen LogP contribution in [0.2, 0.25) is 0 Å². The van der Waals surface area contributed by atoms with Crippen LogP contribution in [0.5, 0.6) is 0 Å². The normalized spacial score (nSPS) is 19.4. The molecule has 0 bridgehead atoms. The van der Waals surface area contributed by atoms with E-state index in [0.29, 0.717) is 0 Å². The second-order valence-electron chi connectivity index (χ2n) is 2.20. The standard InChI is InChI=1S/C6H14O5/c1-11-5(3-8)6(10)4(9)2-7/h4-10H,2-3H2,1H3/t4-,5?,6?/m1/s1. The Morgan fingerprint density at radius 2 is 1.73 bits per heavy atom. The zero-order chi connectivity index (χ0) is 8.85. The average molecular weight is 166 g/mol. The van der Waals surface area contributed by atoms with Crippen molar-refractivity contribution in [2.75, 3.05) is 20.3 Å². The van der Waals surface area contributed by atoms with Crippen LogP contribution < -0.4 is 0 Å². The maximum absolute atomic E-state index is 9.08. The van der Waals surface area contributed by atoms with Gasteiger partial charge in [-0.05, 0) is 0 Å². The van der Waals surface area contributed by atoms with E-state index in [1.807, 2.05) is 0 Å². The van der Waals surface area contributed by atoms with Gasteiger partial charge < -0.3 is 25.2 Å². The van der Waals surface area contributed by atoms with Crippen molar-refractivity contribution < 1.29 is 25.2 Å². The first kappa shape index (κ1) is 10.8. The fourth-order valence-corrected chi connectivity index (χ4v) is 0.678. The number of ether oxygens (including phenoxy) is 1. The lowest BCUT2D eigenvalue weighted by molar-refractivity contribution is -0.104. The first-order chi connectivity index (χ1) is 5.17. The van der Waals surface area contributed by atoms with Gasteiger partial charge in [0, 0.05) is 7.11 Å². The molecule has 0 spiro atoms. The van der Waals surface area contributed by atoms with Crippen LogP contribution in [0, 0.1) is 0 Å². The molecule has 0 aliphatic heterocycles. The monoisotopic (exact) mass is 166 g/mol. The van der Waals surface area contributed by atoms with Gasteiger partial charge in [0.2, 0.25) is 0 Å². The van der Waals surface area contributed by atoms with Crippen molar-refractivity contribution in [1.82, 2.24) is 0 Å². The summed E-state index contributed by atoms with van der Waals surface area (Å²) in [5.41, 5.74) is 0. The minimum atomic E-state index is -1.27. The maximum atomic E-state index is 9.08. The van der Waals surface area contributed by atoms with Gasteiger partial charge in [-0.15, -0.1) is 0 Å². The molecule has 4 N–H and O–H groups in total. The van der Waals surface area contributed by atoms with Gasteiger partial charge in [-0.25, -0.2) is 0 Å². The summed E-state index contributed by atoms with van der Waals surface area (Å²) in [5, 5.41) is 34.9. The number of aliphatic hydroxyl groups excluding tert-OH is 4. The first-order valence-electron chi connectivity index (χ1n) is 3.28. The second kappa shape index (κ2) is 5.45. The van der Waals surface area contributed by atoms with Crippen LogP contribution in [0.25, 0.3) is 0 Å². The summed E-state index contributed by atoms with van der Waals surface area (Å²) in [5.74, 6) is 0. The highest BCUT2D eigenvalue weighted by Gasteiger charge is 2.24. The molecule has 0 aromatic carbocycles. The highest BCUT2D eigenvalue weighted by molar-refractivity contribution is 4.74. The Balaban J connectivity index is 3.86. The van der Waals surface area contributed by atoms with Gasteiger partial charge in [0.1, 0.15) is 18.3 Å². The van der Waals surface area contributed by atoms with E-state index in [0.717, 1.165) is 0 Å². The Hall–Kier alpha value is -0.200. The minimum Gasteiger partial charge on any atom is -0.394 e. The van der Waals surface area contributed by atoms with Gasteiger partial charge in [0.25, 0.3) is 0 Å². The zero-order valence-corrected chi connectivity index (χ0v) is 6.34. The summed E-state index contributed by atoms with van der Waals surface area (Å²) in [6.45, 7) is -0.949. The van der Waals surface area contributed by atoms with Crippen molar-refractivity contribution in [3.05, 3.63) is 0 Å². The van der Waals surface area contributed by atoms with Crippen LogP contribution in [0.15, 0.2) is 0 Å². The van der Waals surface area contributed by atoms with Gasteiger partial charge in [-0.1, -0.05) is 0 Å². The smallest absolute Gasteiger partial charge is 0.110 e. The van der Waals surface area contributed by atoms with Crippen molar-refractivity contribution in [2.45, 2.75) is 18.3 Å². The van der Waals surface area contributed by atoms with E-state index in [1.54, 1.807) is 0 Å². The molecule has 0 aromatic rings. The predicted octanol–water partition coefficient (Wildman–Crippen LogP) is -2.29. The molecular formula is C6H14O5. The SMILES string of the molecule is COC(CO)C(O)[C@H](O)CO. The van der Waals surface area contributed by atoms with E-state index in [4.69, 9.17) is 20.4 Å². The number of rotatable bonds is 5. The lowest BCUT2D eigenvalue weighted by Gasteiger charge is -2.22. The van der Waals surface area contributed by atoms with E-state index >= 15 is 0 Å². The van der Waals surface area contributed by atoms with Gasteiger partial charge in [0.15, 0.2) is 0 Å². The van der Waals surface area contributed by atoms with Crippen LogP contribution in [0.4, 0.5) is 0 Å². The first-order valence-corrected chi connectivity index (χ1v) is 3.28. The zero-order valence-electron chi connectivity index (χ0n) is 6.34. The van der Waals surface area contributed by atoms with Crippen LogP contribution >= 0.6 is 0 Å². The van der Waals surface area contributed by atoms with Crippen LogP contribution in [-0.2, 0) is 4.74 Å². The van der Waals surface area contributed by atoms with Crippen LogP contribution in [-0.4, -0.2) is 59.1 Å². The van der Waals surface area contributed by atoms with Crippen molar-refractivity contribution >= 4 is 0 Å². The number of methoxy groups -OCH3 is 1. The van der Waals surface area contributed by atoms with Crippen molar-refractivity contribution in [3.63, 3.8) is 0 Å². The lowest BCUT2D eigenvalue weighted by atomic mass is 10.1. The molecule has 0 rings (SSSR count). The molecule has 0 heterocycles. The molecule has 0 amide bonds. The summed E-state index contributed by atoms with van der Waals surface area (Å²) < 4.78 is 4.61. The summed E-state index contributed by atoms with van der Waals surface area (Å²) in [6, 6.07) is 0. The minimum absolute atomic E-state index is 0.394. The van der Waals surface area contributed by atoms with E-state index < -0.39 is 31.5 Å². The highest BCUT2D eigenvalue weighted by atomic mass is 16.5. The molecule has 5 nitrogen and oxygen atoms in total. The third-order valence-electron chi connectivity index (χ3n) is 1.44. The lowest BCUT2D eigenvalue weighted by Crippen LogP contribution is -2.42. The van der Waals surface area contributed by atoms with E-state index in [-0.39, 0.29) is 0 Å². The predicted molar refractivity (Wildman–Crippen MR) is 37.0 cm³/mol. The Morgan fingerprint density at radius 3 is 2.00 bits per heavy atom. The van der Waals surface area contributed by atoms with E-state index in [9.17, 15) is 0 Å². The highest BCUT2D eigenvalue weighted by Crippen LogP contribution is 2.02. The van der Waals surface area contributed by atoms with E-state index in [1.165, 1.54) is 7.11 Å². The number of hydrogen-bond acceptors (Lipinski definition) is 5. The quantitative estimate of drug-likeness (QED) is 0.369. The van der Waals surface area contributed by atoms with Gasteiger partial charge >= 0.3 is 0 Å². The maximum Gasteiger partial charge on any atom is 0.110 e. The second-order valence-corrected chi connectivity index (χ2v) is 2.20. The Kier molecular flexibility index (Phi) is 5.35. The third kappa shape index (κ3) is 3.13. The van der Waals surface area contributed by atoms with Gasteiger partial charge in [0.05, 0.1) is 13.2 Å². The molecule has 68 valence electrons. The molecular weight excluding hydrogens is 152 g/mol. The largest absolute Gasteiger partial charge is 0.394 e. The summed E-state index contributed by atoms with van der Waals surface area (Å²) >= 11 is 0. The van der Waals surface area contributed by atoms with Crippen molar-refractivity contribution in [2.24, 2.45) is 0 Å². The van der Waals surface area contributed by atoms with Gasteiger partial charge in [-0.3, -0.25) is 0 Å². The summed E-state index contributed by atoms with van der Waals surface area (Å²) in [6.07, 6.45) is -3.38. The van der Waals surface area contributed by atoms with Gasteiger partial charge in [-0.2, -0.15) is 0 Å². The molecule has 0 radical (unpaired) electrons. The Morgan fingerprint density at radius 1 is 1.18 bits per heavy atom. The van der Waals surface area contributed by atoms with Crippen LogP contribution in [0.3, 0.4) is 0 Å². The van der Waals surface area contributed by atoms with Crippen molar-refractivity contribution in [3.8, 4) is 0 Å². The molecule has 0 aliphatic carbocycles. The summed E-state index contributed by atoms with van der Waals surface area (Å²) in [4.78, 5) is 0. The molecule has 0 aromatic heterocycles. The molecule has 2 unspecified atom stereocenters. The number of aliphatic hydroxyl groups is 4. The molecule has 0 fully saturated rings. The third-order valence-corrected chi connectivity index (χ3v) is 1.44. The summed E-state index contributed by atoms with van der Waals surface area (Å²) in [7, 11) is 1.30. The average Bonchev–Trinajstić information content (AvgIpc) is 2.05. The molecule has 0 aliphatic rings. The van der Waals surface area contributed by atoms with Crippen LogP contribution in [0.1, 0.15) is 0 Å². The molecule has 3 atom stereocenters. The fourth-order valence-electron chi connectivity index (χ4n) is 0.678. The molecule has 0 saturated carbocycles.